The predicted molar refractivity (Wildman–Crippen MR) is 78.4 cm³/mol. The molecule has 5 nitrogen and oxygen atoms in total. The fourth-order valence-electron chi connectivity index (χ4n) is 2.17. The third-order valence-electron chi connectivity index (χ3n) is 3.10. The number of aryl methyl sites for hydroxylation is 1. The monoisotopic (exact) mass is 265 g/mol. The maximum atomic E-state index is 4.69. The Morgan fingerprint density at radius 3 is 2.50 bits per heavy atom. The maximum absolute atomic E-state index is 4.69. The predicted octanol–water partition coefficient (Wildman–Crippen LogP) is 2.36. The number of fused-ring (bicyclic) bond motifs is 1. The van der Waals surface area contributed by atoms with Gasteiger partial charge in [-0.1, -0.05) is 12.1 Å². The second kappa shape index (κ2) is 5.21. The number of hydrogen-bond donors (Lipinski definition) is 0. The number of aromatic nitrogens is 4. The fourth-order valence-corrected chi connectivity index (χ4v) is 2.17. The van der Waals surface area contributed by atoms with E-state index in [0.29, 0.717) is 6.54 Å². The first-order valence-electron chi connectivity index (χ1n) is 6.43. The summed E-state index contributed by atoms with van der Waals surface area (Å²) in [5.74, 6) is 0.870. The molecule has 0 aliphatic heterocycles. The molecule has 0 saturated carbocycles. The van der Waals surface area contributed by atoms with Gasteiger partial charge in [-0.3, -0.25) is 9.97 Å². The van der Waals surface area contributed by atoms with Gasteiger partial charge in [-0.05, 0) is 19.1 Å². The topological polar surface area (TPSA) is 54.8 Å². The van der Waals surface area contributed by atoms with Crippen molar-refractivity contribution in [2.45, 2.75) is 13.5 Å². The van der Waals surface area contributed by atoms with Crippen LogP contribution in [-0.2, 0) is 6.54 Å². The number of nitrogens with zero attached hydrogens (tertiary/aromatic N) is 5. The molecule has 0 N–H and O–H groups in total. The Hall–Kier alpha value is -2.56. The summed E-state index contributed by atoms with van der Waals surface area (Å²) in [6.07, 6.45) is 5.13. The van der Waals surface area contributed by atoms with Crippen molar-refractivity contribution in [3.8, 4) is 0 Å². The molecule has 3 aromatic rings. The molecule has 0 aliphatic rings. The quantitative estimate of drug-likeness (QED) is 0.727. The van der Waals surface area contributed by atoms with Gasteiger partial charge in [0.2, 0.25) is 0 Å². The fraction of sp³-hybridized carbons (Fsp3) is 0.200. The van der Waals surface area contributed by atoms with E-state index in [0.717, 1.165) is 28.2 Å². The van der Waals surface area contributed by atoms with Crippen LogP contribution in [0.3, 0.4) is 0 Å². The van der Waals surface area contributed by atoms with Crippen molar-refractivity contribution in [3.05, 3.63) is 54.2 Å². The Morgan fingerprint density at radius 1 is 1.05 bits per heavy atom. The summed E-state index contributed by atoms with van der Waals surface area (Å²) in [5.41, 5.74) is 3.64. The number of hydrogen-bond acceptors (Lipinski definition) is 5. The lowest BCUT2D eigenvalue weighted by molar-refractivity contribution is 0.848. The van der Waals surface area contributed by atoms with Gasteiger partial charge >= 0.3 is 0 Å². The molecular formula is C15H15N5. The molecule has 0 amide bonds. The van der Waals surface area contributed by atoms with Crippen molar-refractivity contribution in [2.24, 2.45) is 0 Å². The molecule has 0 saturated heterocycles. The van der Waals surface area contributed by atoms with Crippen molar-refractivity contribution in [1.29, 1.82) is 0 Å². The van der Waals surface area contributed by atoms with Crippen molar-refractivity contribution in [2.75, 3.05) is 11.9 Å². The summed E-state index contributed by atoms with van der Waals surface area (Å²) < 4.78 is 0. The molecule has 2 heterocycles. The molecule has 20 heavy (non-hydrogen) atoms. The van der Waals surface area contributed by atoms with E-state index in [4.69, 9.17) is 0 Å². The van der Waals surface area contributed by atoms with Gasteiger partial charge in [0.1, 0.15) is 0 Å². The van der Waals surface area contributed by atoms with E-state index in [1.54, 1.807) is 18.6 Å². The zero-order valence-corrected chi connectivity index (χ0v) is 11.5. The lowest BCUT2D eigenvalue weighted by atomic mass is 10.3. The standard InChI is InChI=1S/C15H15N5/c1-11-15(19-14-6-4-3-5-13(14)18-11)20(2)10-12-9-16-7-8-17-12/h3-9H,10H2,1-2H3. The molecule has 5 heteroatoms. The third-order valence-corrected chi connectivity index (χ3v) is 3.10. The van der Waals surface area contributed by atoms with Gasteiger partial charge in [-0.25, -0.2) is 9.97 Å². The first-order valence-corrected chi connectivity index (χ1v) is 6.43. The second-order valence-corrected chi connectivity index (χ2v) is 4.67. The maximum Gasteiger partial charge on any atom is 0.150 e. The second-order valence-electron chi connectivity index (χ2n) is 4.67. The minimum absolute atomic E-state index is 0.654. The van der Waals surface area contributed by atoms with Crippen LogP contribution >= 0.6 is 0 Å². The van der Waals surface area contributed by atoms with Gasteiger partial charge < -0.3 is 4.90 Å². The zero-order chi connectivity index (χ0) is 13.9. The van der Waals surface area contributed by atoms with E-state index in [2.05, 4.69) is 19.9 Å². The number of anilines is 1. The average molecular weight is 265 g/mol. The van der Waals surface area contributed by atoms with Crippen LogP contribution in [0.15, 0.2) is 42.9 Å². The molecule has 0 radical (unpaired) electrons. The largest absolute Gasteiger partial charge is 0.352 e. The van der Waals surface area contributed by atoms with Crippen LogP contribution in [0.1, 0.15) is 11.4 Å². The van der Waals surface area contributed by atoms with E-state index >= 15 is 0 Å². The van der Waals surface area contributed by atoms with Gasteiger partial charge in [0.15, 0.2) is 5.82 Å². The van der Waals surface area contributed by atoms with E-state index in [9.17, 15) is 0 Å². The Morgan fingerprint density at radius 2 is 1.80 bits per heavy atom. The van der Waals surface area contributed by atoms with Gasteiger partial charge in [-0.2, -0.15) is 0 Å². The van der Waals surface area contributed by atoms with Gasteiger partial charge in [-0.15, -0.1) is 0 Å². The van der Waals surface area contributed by atoms with Crippen LogP contribution in [0.5, 0.6) is 0 Å². The highest BCUT2D eigenvalue weighted by molar-refractivity contribution is 5.76. The first-order chi connectivity index (χ1) is 9.74. The number of benzene rings is 1. The van der Waals surface area contributed by atoms with E-state index in [1.165, 1.54) is 0 Å². The van der Waals surface area contributed by atoms with Crippen molar-refractivity contribution < 1.29 is 0 Å². The molecule has 2 aromatic heterocycles. The summed E-state index contributed by atoms with van der Waals surface area (Å²) in [7, 11) is 1.99. The van der Waals surface area contributed by atoms with Crippen LogP contribution < -0.4 is 4.90 Å². The van der Waals surface area contributed by atoms with Gasteiger partial charge in [0.05, 0.1) is 35.2 Å². The zero-order valence-electron chi connectivity index (χ0n) is 11.5. The molecule has 0 atom stereocenters. The molecule has 0 aliphatic carbocycles. The summed E-state index contributed by atoms with van der Waals surface area (Å²) >= 11 is 0. The summed E-state index contributed by atoms with van der Waals surface area (Å²) in [5, 5.41) is 0. The molecule has 0 bridgehead atoms. The molecule has 0 unspecified atom stereocenters. The highest BCUT2D eigenvalue weighted by Gasteiger charge is 2.10. The van der Waals surface area contributed by atoms with Crippen LogP contribution in [0.25, 0.3) is 11.0 Å². The first kappa shape index (κ1) is 12.5. The molecular weight excluding hydrogens is 250 g/mol. The van der Waals surface area contributed by atoms with Crippen LogP contribution in [0.2, 0.25) is 0 Å². The Bertz CT molecular complexity index is 727. The highest BCUT2D eigenvalue weighted by Crippen LogP contribution is 2.19. The minimum Gasteiger partial charge on any atom is -0.352 e. The molecule has 0 spiro atoms. The van der Waals surface area contributed by atoms with Crippen molar-refractivity contribution >= 4 is 16.9 Å². The lowest BCUT2D eigenvalue weighted by Gasteiger charge is -2.19. The molecule has 100 valence electrons. The molecule has 0 fully saturated rings. The normalized spacial score (nSPS) is 10.7. The Balaban J connectivity index is 1.95. The van der Waals surface area contributed by atoms with E-state index in [-0.39, 0.29) is 0 Å². The van der Waals surface area contributed by atoms with Crippen LogP contribution in [-0.4, -0.2) is 27.0 Å². The van der Waals surface area contributed by atoms with E-state index in [1.807, 2.05) is 43.1 Å². The van der Waals surface area contributed by atoms with Crippen LogP contribution in [0, 0.1) is 6.92 Å². The summed E-state index contributed by atoms with van der Waals surface area (Å²) in [6.45, 7) is 2.63. The lowest BCUT2D eigenvalue weighted by Crippen LogP contribution is -2.20. The summed E-state index contributed by atoms with van der Waals surface area (Å²) in [4.78, 5) is 19.7. The van der Waals surface area contributed by atoms with Gasteiger partial charge in [0, 0.05) is 19.4 Å². The van der Waals surface area contributed by atoms with Crippen LogP contribution in [0.4, 0.5) is 5.82 Å². The third kappa shape index (κ3) is 2.42. The number of rotatable bonds is 3. The average Bonchev–Trinajstić information content (AvgIpc) is 2.47. The SMILES string of the molecule is Cc1nc2ccccc2nc1N(C)Cc1cnccn1. The minimum atomic E-state index is 0.654. The Kier molecular flexibility index (Phi) is 3.25. The highest BCUT2D eigenvalue weighted by atomic mass is 15.2. The summed E-state index contributed by atoms with van der Waals surface area (Å²) in [6, 6.07) is 7.89. The molecule has 1 aromatic carbocycles. The number of para-hydroxylation sites is 2. The van der Waals surface area contributed by atoms with Crippen molar-refractivity contribution in [1.82, 2.24) is 19.9 Å². The van der Waals surface area contributed by atoms with E-state index < -0.39 is 0 Å². The smallest absolute Gasteiger partial charge is 0.150 e. The van der Waals surface area contributed by atoms with Gasteiger partial charge in [0.25, 0.3) is 0 Å². The van der Waals surface area contributed by atoms with Crippen molar-refractivity contribution in [3.63, 3.8) is 0 Å². The Labute approximate surface area is 117 Å². The molecule has 3 rings (SSSR count).